The second-order valence-corrected chi connectivity index (χ2v) is 7.13. The van der Waals surface area contributed by atoms with Crippen LogP contribution in [0.2, 0.25) is 0 Å². The lowest BCUT2D eigenvalue weighted by Crippen LogP contribution is -2.48. The van der Waals surface area contributed by atoms with Crippen molar-refractivity contribution in [1.29, 1.82) is 0 Å². The highest BCUT2D eigenvalue weighted by molar-refractivity contribution is 9.10. The Kier molecular flexibility index (Phi) is 7.24. The van der Waals surface area contributed by atoms with Crippen LogP contribution in [-0.2, 0) is 9.59 Å². The maximum atomic E-state index is 12.1. The third-order valence-electron chi connectivity index (χ3n) is 3.89. The topological polar surface area (TPSA) is 76.7 Å². The summed E-state index contributed by atoms with van der Waals surface area (Å²) in [5.74, 6) is 0.350. The van der Waals surface area contributed by atoms with Crippen LogP contribution >= 0.6 is 15.9 Å². The van der Waals surface area contributed by atoms with Crippen molar-refractivity contribution in [2.75, 3.05) is 6.61 Å². The van der Waals surface area contributed by atoms with E-state index >= 15 is 0 Å². The number of benzene rings is 2. The highest BCUT2D eigenvalue weighted by Crippen LogP contribution is 2.23. The van der Waals surface area contributed by atoms with E-state index in [-0.39, 0.29) is 6.61 Å². The van der Waals surface area contributed by atoms with E-state index in [0.29, 0.717) is 11.5 Å². The highest BCUT2D eigenvalue weighted by atomic mass is 79.9. The summed E-state index contributed by atoms with van der Waals surface area (Å²) in [5, 5.41) is 0. The Balaban J connectivity index is 1.81. The molecule has 1 atom stereocenters. The minimum atomic E-state index is -0.764. The lowest BCUT2D eigenvalue weighted by atomic mass is 10.1. The monoisotopic (exact) mass is 434 g/mol. The van der Waals surface area contributed by atoms with E-state index in [4.69, 9.17) is 9.47 Å². The smallest absolute Gasteiger partial charge is 0.279 e. The molecule has 0 radical (unpaired) electrons. The van der Waals surface area contributed by atoms with Crippen molar-refractivity contribution in [3.05, 3.63) is 57.6 Å². The van der Waals surface area contributed by atoms with Crippen molar-refractivity contribution in [2.24, 2.45) is 0 Å². The fourth-order valence-corrected chi connectivity index (χ4v) is 2.88. The summed E-state index contributed by atoms with van der Waals surface area (Å²) < 4.78 is 12.1. The van der Waals surface area contributed by atoms with Crippen LogP contribution in [0.1, 0.15) is 23.6 Å². The van der Waals surface area contributed by atoms with Crippen LogP contribution in [0.25, 0.3) is 0 Å². The van der Waals surface area contributed by atoms with Crippen molar-refractivity contribution in [3.8, 4) is 11.5 Å². The van der Waals surface area contributed by atoms with Gasteiger partial charge in [0, 0.05) is 4.47 Å². The van der Waals surface area contributed by atoms with Gasteiger partial charge in [0.25, 0.3) is 11.8 Å². The zero-order valence-electron chi connectivity index (χ0n) is 15.8. The number of hydrazine groups is 1. The zero-order valence-corrected chi connectivity index (χ0v) is 17.3. The van der Waals surface area contributed by atoms with Gasteiger partial charge in [-0.2, -0.15) is 0 Å². The molecule has 0 saturated carbocycles. The fourth-order valence-electron chi connectivity index (χ4n) is 2.40. The van der Waals surface area contributed by atoms with Gasteiger partial charge in [-0.3, -0.25) is 20.4 Å². The van der Waals surface area contributed by atoms with Crippen LogP contribution in [0.15, 0.2) is 40.9 Å². The summed E-state index contributed by atoms with van der Waals surface area (Å²) in [7, 11) is 0. The number of hydrogen-bond donors (Lipinski definition) is 2. The summed E-state index contributed by atoms with van der Waals surface area (Å²) >= 11 is 3.37. The van der Waals surface area contributed by atoms with E-state index in [2.05, 4.69) is 26.8 Å². The van der Waals surface area contributed by atoms with E-state index in [1.165, 1.54) is 0 Å². The second kappa shape index (κ2) is 9.41. The van der Waals surface area contributed by atoms with Crippen LogP contribution in [0, 0.1) is 20.8 Å². The minimum Gasteiger partial charge on any atom is -0.483 e. The molecule has 27 heavy (non-hydrogen) atoms. The van der Waals surface area contributed by atoms with E-state index in [1.54, 1.807) is 13.0 Å². The molecule has 2 amide bonds. The molecule has 0 aliphatic heterocycles. The number of halogens is 1. The summed E-state index contributed by atoms with van der Waals surface area (Å²) in [6, 6.07) is 11.2. The van der Waals surface area contributed by atoms with Gasteiger partial charge in [-0.05, 0) is 62.6 Å². The maximum Gasteiger partial charge on any atom is 0.279 e. The molecule has 1 unspecified atom stereocenters. The first-order valence-corrected chi connectivity index (χ1v) is 9.27. The molecule has 2 rings (SSSR count). The van der Waals surface area contributed by atoms with Gasteiger partial charge >= 0.3 is 0 Å². The molecule has 7 heteroatoms. The van der Waals surface area contributed by atoms with Gasteiger partial charge in [0.15, 0.2) is 12.7 Å². The van der Waals surface area contributed by atoms with Crippen molar-refractivity contribution >= 4 is 27.7 Å². The average molecular weight is 435 g/mol. The molecule has 0 saturated heterocycles. The summed E-state index contributed by atoms with van der Waals surface area (Å²) in [6.07, 6.45) is -0.764. The predicted molar refractivity (Wildman–Crippen MR) is 107 cm³/mol. The lowest BCUT2D eigenvalue weighted by molar-refractivity contribution is -0.133. The molecule has 0 fully saturated rings. The Hall–Kier alpha value is -2.54. The Labute approximate surface area is 167 Å². The van der Waals surface area contributed by atoms with Crippen LogP contribution in [0.4, 0.5) is 0 Å². The highest BCUT2D eigenvalue weighted by Gasteiger charge is 2.17. The first-order valence-electron chi connectivity index (χ1n) is 8.48. The number of rotatable bonds is 6. The number of hydrogen-bond acceptors (Lipinski definition) is 4. The molecule has 0 spiro atoms. The van der Waals surface area contributed by atoms with E-state index in [1.807, 2.05) is 51.1 Å². The maximum absolute atomic E-state index is 12.1. The normalized spacial score (nSPS) is 11.4. The van der Waals surface area contributed by atoms with Gasteiger partial charge in [-0.1, -0.05) is 34.1 Å². The van der Waals surface area contributed by atoms with E-state index in [0.717, 1.165) is 21.2 Å². The van der Waals surface area contributed by atoms with E-state index in [9.17, 15) is 9.59 Å². The van der Waals surface area contributed by atoms with Crippen molar-refractivity contribution in [2.45, 2.75) is 33.8 Å². The largest absolute Gasteiger partial charge is 0.483 e. The quantitative estimate of drug-likeness (QED) is 0.683. The minimum absolute atomic E-state index is 0.213. The predicted octanol–water partition coefficient (Wildman–Crippen LogP) is 3.37. The lowest BCUT2D eigenvalue weighted by Gasteiger charge is -2.18. The Morgan fingerprint density at radius 1 is 1.04 bits per heavy atom. The van der Waals surface area contributed by atoms with Gasteiger partial charge in [-0.15, -0.1) is 0 Å². The molecular formula is C20H23BrN2O4. The SMILES string of the molecule is Cc1cc(Br)ccc1OCC(=O)NNC(=O)C(C)Oc1c(C)cccc1C. The zero-order chi connectivity index (χ0) is 20.0. The molecule has 0 aromatic heterocycles. The van der Waals surface area contributed by atoms with Gasteiger partial charge < -0.3 is 9.47 Å². The Bertz CT molecular complexity index is 818. The molecule has 0 bridgehead atoms. The number of ether oxygens (including phenoxy) is 2. The van der Waals surface area contributed by atoms with Crippen LogP contribution in [0.5, 0.6) is 11.5 Å². The van der Waals surface area contributed by atoms with Crippen molar-refractivity contribution < 1.29 is 19.1 Å². The summed E-state index contributed by atoms with van der Waals surface area (Å²) in [4.78, 5) is 24.0. The number of aryl methyl sites for hydroxylation is 3. The van der Waals surface area contributed by atoms with Crippen molar-refractivity contribution in [3.63, 3.8) is 0 Å². The molecule has 0 aliphatic carbocycles. The molecule has 144 valence electrons. The van der Waals surface area contributed by atoms with Crippen LogP contribution < -0.4 is 20.3 Å². The van der Waals surface area contributed by atoms with Gasteiger partial charge in [0.05, 0.1) is 0 Å². The Morgan fingerprint density at radius 3 is 2.33 bits per heavy atom. The Morgan fingerprint density at radius 2 is 1.70 bits per heavy atom. The molecule has 2 N–H and O–H groups in total. The molecule has 2 aromatic rings. The first-order chi connectivity index (χ1) is 12.8. The standard InChI is InChI=1S/C20H23BrN2O4/c1-12-6-5-7-13(2)19(12)27-15(4)20(25)23-22-18(24)11-26-17-9-8-16(21)10-14(17)3/h5-10,15H,11H2,1-4H3,(H,22,24)(H,23,25). The van der Waals surface area contributed by atoms with Crippen LogP contribution in [0.3, 0.4) is 0 Å². The number of carbonyl (C=O) groups excluding carboxylic acids is 2. The molecule has 0 heterocycles. The van der Waals surface area contributed by atoms with Gasteiger partial charge in [-0.25, -0.2) is 0 Å². The molecule has 2 aromatic carbocycles. The first kappa shape index (κ1) is 20.8. The van der Waals surface area contributed by atoms with Gasteiger partial charge in [0.1, 0.15) is 11.5 Å². The third-order valence-corrected chi connectivity index (χ3v) is 4.39. The molecule has 0 aliphatic rings. The fraction of sp³-hybridized carbons (Fsp3) is 0.300. The van der Waals surface area contributed by atoms with Crippen LogP contribution in [-0.4, -0.2) is 24.5 Å². The van der Waals surface area contributed by atoms with Crippen molar-refractivity contribution in [1.82, 2.24) is 10.9 Å². The third kappa shape index (κ3) is 5.99. The van der Waals surface area contributed by atoms with Gasteiger partial charge in [0.2, 0.25) is 0 Å². The van der Waals surface area contributed by atoms with E-state index < -0.39 is 17.9 Å². The second-order valence-electron chi connectivity index (χ2n) is 6.22. The number of nitrogens with one attached hydrogen (secondary N) is 2. The number of para-hydroxylation sites is 1. The summed E-state index contributed by atoms with van der Waals surface area (Å²) in [5.41, 5.74) is 7.46. The molecular weight excluding hydrogens is 412 g/mol. The number of carbonyl (C=O) groups is 2. The average Bonchev–Trinajstić information content (AvgIpc) is 2.62. The number of amides is 2. The molecule has 6 nitrogen and oxygen atoms in total. The summed E-state index contributed by atoms with van der Waals surface area (Å²) in [6.45, 7) is 7.11.